The minimum atomic E-state index is -1.32. The Morgan fingerprint density at radius 2 is 1.85 bits per heavy atom. The molecule has 0 saturated heterocycles. The Morgan fingerprint density at radius 3 is 2.42 bits per heavy atom. The van der Waals surface area contributed by atoms with Gasteiger partial charge in [0, 0.05) is 29.7 Å². The maximum atomic E-state index is 12.5. The largest absolute Gasteiger partial charge is 0.478 e. The molecule has 0 aromatic heterocycles. The quantitative estimate of drug-likeness (QED) is 0.612. The van der Waals surface area contributed by atoms with Crippen LogP contribution in [0.25, 0.3) is 0 Å². The number of carbonyl (C=O) groups is 2. The molecule has 0 spiro atoms. The summed E-state index contributed by atoms with van der Waals surface area (Å²) in [5.41, 5.74) is 1.49. The van der Waals surface area contributed by atoms with Crippen molar-refractivity contribution < 1.29 is 19.6 Å². The molecule has 7 nitrogen and oxygen atoms in total. The number of aromatic carboxylic acids is 1. The van der Waals surface area contributed by atoms with E-state index in [2.05, 4.69) is 5.32 Å². The monoisotopic (exact) mass is 354 g/mol. The Hall–Kier alpha value is -3.22. The molecule has 1 aliphatic rings. The SMILES string of the molecule is Cc1ccccc1C1(CNC(=O)c2cc(C(=O)O)cc([N+](=O)[O-])c2)CC1. The third-order valence-corrected chi connectivity index (χ3v) is 4.80. The molecule has 3 rings (SSSR count). The van der Waals surface area contributed by atoms with Gasteiger partial charge in [-0.15, -0.1) is 0 Å². The second-order valence-electron chi connectivity index (χ2n) is 6.61. The van der Waals surface area contributed by atoms with Crippen molar-refractivity contribution in [1.29, 1.82) is 0 Å². The van der Waals surface area contributed by atoms with Crippen LogP contribution in [0, 0.1) is 17.0 Å². The fourth-order valence-corrected chi connectivity index (χ4v) is 3.18. The molecule has 0 bridgehead atoms. The second kappa shape index (κ2) is 6.59. The normalized spacial score (nSPS) is 14.5. The Balaban J connectivity index is 1.80. The van der Waals surface area contributed by atoms with Crippen molar-refractivity contribution >= 4 is 17.6 Å². The maximum Gasteiger partial charge on any atom is 0.335 e. The number of carbonyl (C=O) groups excluding carboxylic acids is 1. The third-order valence-electron chi connectivity index (χ3n) is 4.80. The van der Waals surface area contributed by atoms with Gasteiger partial charge in [-0.3, -0.25) is 14.9 Å². The number of amides is 1. The van der Waals surface area contributed by atoms with E-state index in [0.717, 1.165) is 36.6 Å². The highest BCUT2D eigenvalue weighted by Gasteiger charge is 2.45. The predicted molar refractivity (Wildman–Crippen MR) is 94.5 cm³/mol. The van der Waals surface area contributed by atoms with E-state index in [4.69, 9.17) is 5.11 Å². The van der Waals surface area contributed by atoms with E-state index in [1.807, 2.05) is 31.2 Å². The van der Waals surface area contributed by atoms with Gasteiger partial charge in [0.1, 0.15) is 0 Å². The van der Waals surface area contributed by atoms with Crippen molar-refractivity contribution in [3.05, 3.63) is 74.8 Å². The lowest BCUT2D eigenvalue weighted by molar-refractivity contribution is -0.384. The van der Waals surface area contributed by atoms with Crippen LogP contribution >= 0.6 is 0 Å². The van der Waals surface area contributed by atoms with Crippen LogP contribution in [0.4, 0.5) is 5.69 Å². The van der Waals surface area contributed by atoms with Gasteiger partial charge in [0.15, 0.2) is 0 Å². The smallest absolute Gasteiger partial charge is 0.335 e. The zero-order chi connectivity index (χ0) is 18.9. The first-order valence-corrected chi connectivity index (χ1v) is 8.19. The molecule has 0 unspecified atom stereocenters. The highest BCUT2D eigenvalue weighted by Crippen LogP contribution is 2.48. The van der Waals surface area contributed by atoms with E-state index in [9.17, 15) is 19.7 Å². The fourth-order valence-electron chi connectivity index (χ4n) is 3.18. The number of carboxylic acids is 1. The Labute approximate surface area is 149 Å². The second-order valence-corrected chi connectivity index (χ2v) is 6.61. The zero-order valence-electron chi connectivity index (χ0n) is 14.2. The summed E-state index contributed by atoms with van der Waals surface area (Å²) in [4.78, 5) is 33.9. The minimum absolute atomic E-state index is 0.0304. The number of non-ortho nitro benzene ring substituents is 1. The van der Waals surface area contributed by atoms with Gasteiger partial charge >= 0.3 is 5.97 Å². The van der Waals surface area contributed by atoms with Crippen LogP contribution in [0.3, 0.4) is 0 Å². The van der Waals surface area contributed by atoms with Crippen LogP contribution in [0.2, 0.25) is 0 Å². The molecule has 26 heavy (non-hydrogen) atoms. The summed E-state index contributed by atoms with van der Waals surface area (Å²) in [7, 11) is 0. The molecular weight excluding hydrogens is 336 g/mol. The molecule has 1 fully saturated rings. The van der Waals surface area contributed by atoms with E-state index in [1.54, 1.807) is 0 Å². The van der Waals surface area contributed by atoms with Gasteiger partial charge in [-0.1, -0.05) is 24.3 Å². The van der Waals surface area contributed by atoms with Crippen LogP contribution in [0.15, 0.2) is 42.5 Å². The van der Waals surface area contributed by atoms with Crippen molar-refractivity contribution in [1.82, 2.24) is 5.32 Å². The van der Waals surface area contributed by atoms with Gasteiger partial charge < -0.3 is 10.4 Å². The van der Waals surface area contributed by atoms with Gasteiger partial charge in [-0.25, -0.2) is 4.79 Å². The van der Waals surface area contributed by atoms with Gasteiger partial charge in [0.05, 0.1) is 10.5 Å². The highest BCUT2D eigenvalue weighted by molar-refractivity contribution is 5.98. The van der Waals surface area contributed by atoms with Crippen LogP contribution in [-0.2, 0) is 5.41 Å². The lowest BCUT2D eigenvalue weighted by Crippen LogP contribution is -2.32. The molecule has 1 amide bonds. The number of aryl methyl sites for hydroxylation is 1. The molecule has 134 valence electrons. The summed E-state index contributed by atoms with van der Waals surface area (Å²) < 4.78 is 0. The predicted octanol–water partition coefficient (Wildman–Crippen LogP) is 3.06. The summed E-state index contributed by atoms with van der Waals surface area (Å²) in [6.45, 7) is 2.43. The number of rotatable bonds is 6. The zero-order valence-corrected chi connectivity index (χ0v) is 14.2. The number of nitro benzene ring substituents is 1. The minimum Gasteiger partial charge on any atom is -0.478 e. The summed E-state index contributed by atoms with van der Waals surface area (Å²) in [5, 5.41) is 22.9. The van der Waals surface area contributed by atoms with Crippen LogP contribution in [0.5, 0.6) is 0 Å². The number of nitro groups is 1. The first kappa shape index (κ1) is 17.6. The van der Waals surface area contributed by atoms with Crippen molar-refractivity contribution in [2.45, 2.75) is 25.2 Å². The van der Waals surface area contributed by atoms with Gasteiger partial charge in [0.2, 0.25) is 0 Å². The lowest BCUT2D eigenvalue weighted by atomic mass is 9.92. The third kappa shape index (κ3) is 3.42. The van der Waals surface area contributed by atoms with Crippen LogP contribution in [0.1, 0.15) is 44.7 Å². The first-order valence-electron chi connectivity index (χ1n) is 8.19. The summed E-state index contributed by atoms with van der Waals surface area (Å²) in [6.07, 6.45) is 1.90. The molecule has 1 saturated carbocycles. The van der Waals surface area contributed by atoms with Crippen molar-refractivity contribution in [3.63, 3.8) is 0 Å². The molecule has 0 aliphatic heterocycles. The summed E-state index contributed by atoms with van der Waals surface area (Å²) >= 11 is 0. The van der Waals surface area contributed by atoms with Crippen molar-refractivity contribution in [2.75, 3.05) is 6.54 Å². The Bertz CT molecular complexity index is 870. The van der Waals surface area contributed by atoms with Gasteiger partial charge in [0.25, 0.3) is 11.6 Å². The first-order chi connectivity index (χ1) is 12.3. The van der Waals surface area contributed by atoms with Gasteiger partial charge in [-0.05, 0) is 37.0 Å². The number of benzene rings is 2. The van der Waals surface area contributed by atoms with Gasteiger partial charge in [-0.2, -0.15) is 0 Å². The molecule has 2 aromatic carbocycles. The highest BCUT2D eigenvalue weighted by atomic mass is 16.6. The number of hydrogen-bond acceptors (Lipinski definition) is 4. The molecule has 2 aromatic rings. The van der Waals surface area contributed by atoms with Crippen LogP contribution < -0.4 is 5.32 Å². The number of nitrogens with zero attached hydrogens (tertiary/aromatic N) is 1. The Morgan fingerprint density at radius 1 is 1.19 bits per heavy atom. The van der Waals surface area contributed by atoms with Crippen LogP contribution in [-0.4, -0.2) is 28.5 Å². The average Bonchev–Trinajstić information content (AvgIpc) is 3.40. The number of nitrogens with one attached hydrogen (secondary N) is 1. The molecule has 2 N–H and O–H groups in total. The summed E-state index contributed by atoms with van der Waals surface area (Å²) in [5.74, 6) is -1.84. The van der Waals surface area contributed by atoms with Crippen molar-refractivity contribution in [2.24, 2.45) is 0 Å². The molecule has 0 atom stereocenters. The maximum absolute atomic E-state index is 12.5. The topological polar surface area (TPSA) is 110 Å². The lowest BCUT2D eigenvalue weighted by Gasteiger charge is -2.19. The van der Waals surface area contributed by atoms with E-state index < -0.39 is 22.5 Å². The molecule has 1 aliphatic carbocycles. The molecule has 0 heterocycles. The fraction of sp³-hybridized carbons (Fsp3) is 0.263. The van der Waals surface area contributed by atoms with E-state index in [0.29, 0.717) is 6.54 Å². The van der Waals surface area contributed by atoms with E-state index in [1.165, 1.54) is 5.56 Å². The molecule has 0 radical (unpaired) electrons. The molecular formula is C19H18N2O5. The standard InChI is InChI=1S/C19H18N2O5/c1-12-4-2-3-5-16(12)19(6-7-19)11-20-17(22)13-8-14(18(23)24)10-15(9-13)21(25)26/h2-5,8-10H,6-7,11H2,1H3,(H,20,22)(H,23,24). The number of carboxylic acid groups (broad SMARTS) is 1. The molecule has 7 heteroatoms. The Kier molecular flexibility index (Phi) is 4.46. The number of hydrogen-bond donors (Lipinski definition) is 2. The van der Waals surface area contributed by atoms with E-state index >= 15 is 0 Å². The van der Waals surface area contributed by atoms with E-state index in [-0.39, 0.29) is 16.5 Å². The van der Waals surface area contributed by atoms with Crippen molar-refractivity contribution in [3.8, 4) is 0 Å². The average molecular weight is 354 g/mol. The summed E-state index contributed by atoms with van der Waals surface area (Å²) in [6, 6.07) is 11.2.